The molecule has 1 saturated heterocycles. The molecule has 6 aliphatic rings. The number of hydrogen-bond acceptors (Lipinski definition) is 4. The molecule has 0 spiro atoms. The third kappa shape index (κ3) is 5.14. The zero-order valence-electron chi connectivity index (χ0n) is 31.6. The quantitative estimate of drug-likeness (QED) is 0.206. The number of rotatable bonds is 8. The topological polar surface area (TPSA) is 44.8 Å². The summed E-state index contributed by atoms with van der Waals surface area (Å²) in [5, 5.41) is 0. The van der Waals surface area contributed by atoms with Crippen LogP contribution in [-0.2, 0) is 25.6 Å². The largest absolute Gasteiger partial charge is 0.461 e. The molecular formula is C44H66O4. The molecule has 48 heavy (non-hydrogen) atoms. The van der Waals surface area contributed by atoms with Crippen LogP contribution in [-0.4, -0.2) is 31.9 Å². The zero-order chi connectivity index (χ0) is 34.1. The number of benzene rings is 1. The monoisotopic (exact) mass is 658 g/mol. The van der Waals surface area contributed by atoms with Crippen LogP contribution in [0.3, 0.4) is 0 Å². The van der Waals surface area contributed by atoms with E-state index in [1.165, 1.54) is 51.4 Å². The average molecular weight is 659 g/mol. The minimum Gasteiger partial charge on any atom is -0.461 e. The average Bonchev–Trinajstić information content (AvgIpc) is 3.58. The Balaban J connectivity index is 1.23. The molecule has 0 amide bonds. The summed E-state index contributed by atoms with van der Waals surface area (Å²) >= 11 is 0. The lowest BCUT2D eigenvalue weighted by Crippen LogP contribution is -2.68. The number of allylic oxidation sites excluding steroid dienone is 1. The molecule has 1 aromatic carbocycles. The zero-order valence-corrected chi connectivity index (χ0v) is 31.6. The second kappa shape index (κ2) is 12.5. The number of ether oxygens (including phenoxy) is 3. The van der Waals surface area contributed by atoms with Crippen molar-refractivity contribution in [3.05, 3.63) is 47.5 Å². The lowest BCUT2D eigenvalue weighted by atomic mass is 9.34. The molecule has 4 saturated carbocycles. The summed E-state index contributed by atoms with van der Waals surface area (Å²) in [6.07, 6.45) is 15.2. The highest BCUT2D eigenvalue weighted by Gasteiger charge is 2.71. The number of esters is 1. The summed E-state index contributed by atoms with van der Waals surface area (Å²) in [6, 6.07) is 10.2. The van der Waals surface area contributed by atoms with Crippen LogP contribution >= 0.6 is 0 Å². The minimum absolute atomic E-state index is 0.0214. The van der Waals surface area contributed by atoms with Crippen molar-refractivity contribution in [3.8, 4) is 0 Å². The first kappa shape index (κ1) is 34.8. The summed E-state index contributed by atoms with van der Waals surface area (Å²) in [7, 11) is 0. The van der Waals surface area contributed by atoms with E-state index in [1.54, 1.807) is 5.57 Å². The molecule has 2 bridgehead atoms. The van der Waals surface area contributed by atoms with Crippen molar-refractivity contribution in [1.29, 1.82) is 0 Å². The first-order chi connectivity index (χ1) is 22.8. The van der Waals surface area contributed by atoms with E-state index in [9.17, 15) is 4.79 Å². The predicted octanol–water partition coefficient (Wildman–Crippen LogP) is 10.4. The Morgan fingerprint density at radius 3 is 2.38 bits per heavy atom. The fourth-order valence-corrected chi connectivity index (χ4v) is 13.6. The van der Waals surface area contributed by atoms with Crippen molar-refractivity contribution in [2.24, 2.45) is 68.5 Å². The lowest BCUT2D eigenvalue weighted by molar-refractivity contribution is -0.252. The second-order valence-corrected chi connectivity index (χ2v) is 19.2. The highest BCUT2D eigenvalue weighted by Crippen LogP contribution is 2.75. The van der Waals surface area contributed by atoms with Gasteiger partial charge in [0, 0.05) is 17.4 Å². The van der Waals surface area contributed by atoms with Crippen molar-refractivity contribution >= 4 is 5.97 Å². The molecule has 4 nitrogen and oxygen atoms in total. The minimum atomic E-state index is -0.180. The van der Waals surface area contributed by atoms with Gasteiger partial charge in [-0.2, -0.15) is 0 Å². The summed E-state index contributed by atoms with van der Waals surface area (Å²) in [5.41, 5.74) is 2.62. The van der Waals surface area contributed by atoms with E-state index >= 15 is 0 Å². The van der Waals surface area contributed by atoms with Gasteiger partial charge in [0.25, 0.3) is 0 Å². The molecule has 5 aliphatic carbocycles. The molecule has 266 valence electrons. The van der Waals surface area contributed by atoms with Gasteiger partial charge >= 0.3 is 5.97 Å². The molecule has 1 aromatic rings. The summed E-state index contributed by atoms with van der Waals surface area (Å²) in [6.45, 7) is 22.6. The molecule has 4 heteroatoms. The van der Waals surface area contributed by atoms with Crippen LogP contribution < -0.4 is 0 Å². The first-order valence-corrected chi connectivity index (χ1v) is 19.9. The van der Waals surface area contributed by atoms with Crippen LogP contribution in [0.4, 0.5) is 0 Å². The third-order valence-electron chi connectivity index (χ3n) is 16.6. The van der Waals surface area contributed by atoms with Gasteiger partial charge in [-0.05, 0) is 109 Å². The van der Waals surface area contributed by atoms with E-state index in [2.05, 4.69) is 73.6 Å². The van der Waals surface area contributed by atoms with E-state index in [1.807, 2.05) is 18.2 Å². The van der Waals surface area contributed by atoms with Gasteiger partial charge in [-0.15, -0.1) is 0 Å². The SMILES string of the molecule is CC(C)[C@@H](C)[C@@]1(C)CC[C@]2(C)[C@H]3CC[C@@H]4C5(COC[C@]4(C)[C@@H](OCC4CCCC4)[C@H](C)C5)C3=CC[C@@]2(C)[C@@H]1C(=O)OCc1ccccc1. The Labute approximate surface area is 292 Å². The molecule has 11 atom stereocenters. The number of carbonyl (C=O) groups excluding carboxylic acids is 1. The lowest BCUT2D eigenvalue weighted by Gasteiger charge is -2.71. The molecular weight excluding hydrogens is 592 g/mol. The number of fused-ring (bicyclic) bond motifs is 3. The molecule has 5 fully saturated rings. The molecule has 7 rings (SSSR count). The fraction of sp³-hybridized carbons (Fsp3) is 0.795. The van der Waals surface area contributed by atoms with Crippen molar-refractivity contribution in [2.45, 2.75) is 132 Å². The fourth-order valence-electron chi connectivity index (χ4n) is 13.6. The highest BCUT2D eigenvalue weighted by atomic mass is 16.5. The van der Waals surface area contributed by atoms with Gasteiger partial charge in [-0.3, -0.25) is 4.79 Å². The van der Waals surface area contributed by atoms with Crippen LogP contribution in [0, 0.1) is 68.5 Å². The maximum Gasteiger partial charge on any atom is 0.310 e. The number of hydrogen-bond donors (Lipinski definition) is 0. The molecule has 0 N–H and O–H groups in total. The highest BCUT2D eigenvalue weighted by molar-refractivity contribution is 5.75. The van der Waals surface area contributed by atoms with Crippen molar-refractivity contribution in [2.75, 3.05) is 19.8 Å². The van der Waals surface area contributed by atoms with Crippen molar-refractivity contribution in [3.63, 3.8) is 0 Å². The number of carbonyl (C=O) groups is 1. The van der Waals surface area contributed by atoms with Crippen LogP contribution in [0.5, 0.6) is 0 Å². The van der Waals surface area contributed by atoms with Gasteiger partial charge in [0.2, 0.25) is 0 Å². The summed E-state index contributed by atoms with van der Waals surface area (Å²) < 4.78 is 20.0. The van der Waals surface area contributed by atoms with Gasteiger partial charge in [-0.25, -0.2) is 0 Å². The van der Waals surface area contributed by atoms with Crippen LogP contribution in [0.15, 0.2) is 42.0 Å². The van der Waals surface area contributed by atoms with E-state index in [4.69, 9.17) is 14.2 Å². The summed E-state index contributed by atoms with van der Waals surface area (Å²) in [5.74, 6) is 3.12. The van der Waals surface area contributed by atoms with Crippen LogP contribution in [0.1, 0.15) is 125 Å². The maximum absolute atomic E-state index is 14.7. The van der Waals surface area contributed by atoms with Gasteiger partial charge < -0.3 is 14.2 Å². The molecule has 0 radical (unpaired) electrons. The molecule has 1 aliphatic heterocycles. The standard InChI is InChI=1S/C44H66O4/c1-29(2)31(4)40(5)22-23-42(7)34-18-19-36-41(6)27-46-28-44(36,24-30(3)38(41)47-25-32-16-12-13-17-32)35(34)20-21-43(42,8)37(40)39(45)48-26-33-14-10-9-11-15-33/h9-11,14-15,20,29-32,34,36-38H,12-13,16-19,21-28H2,1-8H3/t30-,31-,34+,36+,37-,38+,40-,41+,42-,43+,44?/m1/s1. The third-order valence-corrected chi connectivity index (χ3v) is 16.6. The van der Waals surface area contributed by atoms with Gasteiger partial charge in [0.05, 0.1) is 25.2 Å². The Bertz CT molecular complexity index is 1360. The Hall–Kier alpha value is -1.65. The van der Waals surface area contributed by atoms with Gasteiger partial charge in [-0.1, -0.05) is 110 Å². The van der Waals surface area contributed by atoms with E-state index in [0.29, 0.717) is 36.2 Å². The first-order valence-electron chi connectivity index (χ1n) is 19.9. The van der Waals surface area contributed by atoms with Crippen LogP contribution in [0.25, 0.3) is 0 Å². The normalized spacial score (nSPS) is 44.7. The Morgan fingerprint density at radius 1 is 0.938 bits per heavy atom. The smallest absolute Gasteiger partial charge is 0.310 e. The maximum atomic E-state index is 14.7. The van der Waals surface area contributed by atoms with E-state index in [-0.39, 0.29) is 45.1 Å². The molecule has 0 aromatic heterocycles. The summed E-state index contributed by atoms with van der Waals surface area (Å²) in [4.78, 5) is 14.7. The van der Waals surface area contributed by atoms with E-state index < -0.39 is 0 Å². The second-order valence-electron chi connectivity index (χ2n) is 19.2. The van der Waals surface area contributed by atoms with Crippen molar-refractivity contribution in [1.82, 2.24) is 0 Å². The van der Waals surface area contributed by atoms with Crippen molar-refractivity contribution < 1.29 is 19.0 Å². The Morgan fingerprint density at radius 2 is 1.67 bits per heavy atom. The van der Waals surface area contributed by atoms with Gasteiger partial charge in [0.1, 0.15) is 6.61 Å². The molecule has 1 unspecified atom stereocenters. The van der Waals surface area contributed by atoms with Crippen LogP contribution in [0.2, 0.25) is 0 Å². The predicted molar refractivity (Wildman–Crippen MR) is 193 cm³/mol. The van der Waals surface area contributed by atoms with Gasteiger partial charge in [0.15, 0.2) is 0 Å². The molecule has 1 heterocycles. The van der Waals surface area contributed by atoms with E-state index in [0.717, 1.165) is 44.1 Å². The Kier molecular flexibility index (Phi) is 9.08.